The summed E-state index contributed by atoms with van der Waals surface area (Å²) in [4.78, 5) is 36.3. The Balaban J connectivity index is 1.59. The quantitative estimate of drug-likeness (QED) is 0.737. The first-order chi connectivity index (χ1) is 12.6. The predicted octanol–water partition coefficient (Wildman–Crippen LogP) is 2.69. The highest BCUT2D eigenvalue weighted by Crippen LogP contribution is 2.12. The minimum absolute atomic E-state index is 0.00855. The van der Waals surface area contributed by atoms with Crippen molar-refractivity contribution in [1.29, 1.82) is 0 Å². The van der Waals surface area contributed by atoms with Crippen molar-refractivity contribution in [3.8, 4) is 0 Å². The lowest BCUT2D eigenvalue weighted by Crippen LogP contribution is -2.31. The van der Waals surface area contributed by atoms with Gasteiger partial charge < -0.3 is 15.1 Å². The van der Waals surface area contributed by atoms with Gasteiger partial charge in [0.15, 0.2) is 0 Å². The van der Waals surface area contributed by atoms with E-state index in [9.17, 15) is 18.8 Å². The molecule has 26 heavy (non-hydrogen) atoms. The molecule has 0 aliphatic carbocycles. The third-order valence-corrected chi connectivity index (χ3v) is 3.71. The second kappa shape index (κ2) is 7.60. The number of hydrogen-bond donors (Lipinski definition) is 2. The van der Waals surface area contributed by atoms with Crippen LogP contribution in [0.15, 0.2) is 64.0 Å². The van der Waals surface area contributed by atoms with Crippen molar-refractivity contribution >= 4 is 28.5 Å². The number of carbonyl (C=O) groups is 2. The second-order valence-electron chi connectivity index (χ2n) is 5.51. The number of para-hydroxylation sites is 2. The minimum Gasteiger partial charge on any atom is -0.463 e. The molecule has 0 unspecified atom stereocenters. The van der Waals surface area contributed by atoms with E-state index in [0.29, 0.717) is 11.0 Å². The lowest BCUT2D eigenvalue weighted by Gasteiger charge is -2.07. The monoisotopic (exact) mass is 354 g/mol. The summed E-state index contributed by atoms with van der Waals surface area (Å²) in [6.07, 6.45) is 1.03. The van der Waals surface area contributed by atoms with Gasteiger partial charge in [-0.05, 0) is 24.3 Å². The van der Waals surface area contributed by atoms with E-state index < -0.39 is 23.1 Å². The van der Waals surface area contributed by atoms with Crippen molar-refractivity contribution in [3.63, 3.8) is 0 Å². The van der Waals surface area contributed by atoms with Gasteiger partial charge in [-0.25, -0.2) is 4.39 Å². The van der Waals surface area contributed by atoms with Gasteiger partial charge in [-0.15, -0.1) is 0 Å². The van der Waals surface area contributed by atoms with Crippen molar-refractivity contribution in [2.45, 2.75) is 6.42 Å². The van der Waals surface area contributed by atoms with E-state index in [4.69, 9.17) is 4.42 Å². The highest BCUT2D eigenvalue weighted by atomic mass is 19.1. The van der Waals surface area contributed by atoms with Crippen molar-refractivity contribution in [1.82, 2.24) is 5.32 Å². The fourth-order valence-corrected chi connectivity index (χ4v) is 2.39. The minimum atomic E-state index is -0.636. The van der Waals surface area contributed by atoms with Crippen LogP contribution in [0.4, 0.5) is 10.1 Å². The Hall–Kier alpha value is -3.48. The molecule has 0 bridgehead atoms. The fourth-order valence-electron chi connectivity index (χ4n) is 2.39. The first-order valence-electron chi connectivity index (χ1n) is 7.89. The van der Waals surface area contributed by atoms with E-state index in [1.807, 2.05) is 0 Å². The fraction of sp³-hybridized carbons (Fsp3) is 0.105. The van der Waals surface area contributed by atoms with Crippen LogP contribution in [0.3, 0.4) is 0 Å². The Labute approximate surface area is 147 Å². The molecular formula is C19H15FN2O4. The third kappa shape index (κ3) is 3.77. The molecule has 0 fully saturated rings. The number of amides is 2. The molecule has 0 atom stereocenters. The topological polar surface area (TPSA) is 88.4 Å². The predicted molar refractivity (Wildman–Crippen MR) is 94.5 cm³/mol. The van der Waals surface area contributed by atoms with Gasteiger partial charge in [0.05, 0.1) is 11.1 Å². The summed E-state index contributed by atoms with van der Waals surface area (Å²) in [7, 11) is 0. The molecule has 0 aliphatic rings. The molecular weight excluding hydrogens is 339 g/mol. The van der Waals surface area contributed by atoms with Crippen LogP contribution >= 0.6 is 0 Å². The number of benzene rings is 2. The zero-order chi connectivity index (χ0) is 18.5. The van der Waals surface area contributed by atoms with Gasteiger partial charge in [0, 0.05) is 13.0 Å². The molecule has 0 spiro atoms. The Bertz CT molecular complexity index is 1030. The van der Waals surface area contributed by atoms with Crippen LogP contribution in [0.25, 0.3) is 11.0 Å². The molecule has 132 valence electrons. The maximum atomic E-state index is 13.5. The van der Waals surface area contributed by atoms with Gasteiger partial charge >= 0.3 is 0 Å². The normalized spacial score (nSPS) is 10.5. The van der Waals surface area contributed by atoms with Crippen LogP contribution in [-0.4, -0.2) is 18.4 Å². The van der Waals surface area contributed by atoms with Gasteiger partial charge in [-0.3, -0.25) is 14.4 Å². The van der Waals surface area contributed by atoms with Crippen molar-refractivity contribution in [2.75, 3.05) is 11.9 Å². The number of hydrogen-bond acceptors (Lipinski definition) is 4. The first kappa shape index (κ1) is 17.3. The van der Waals surface area contributed by atoms with E-state index >= 15 is 0 Å². The van der Waals surface area contributed by atoms with Crippen LogP contribution < -0.4 is 16.1 Å². The summed E-state index contributed by atoms with van der Waals surface area (Å²) in [5, 5.41) is 5.20. The van der Waals surface area contributed by atoms with E-state index in [0.717, 1.165) is 6.26 Å². The van der Waals surface area contributed by atoms with Gasteiger partial charge in [-0.2, -0.15) is 0 Å². The number of rotatable bonds is 5. The van der Waals surface area contributed by atoms with Gasteiger partial charge in [-0.1, -0.05) is 24.3 Å². The van der Waals surface area contributed by atoms with Gasteiger partial charge in [0.2, 0.25) is 11.3 Å². The summed E-state index contributed by atoms with van der Waals surface area (Å²) >= 11 is 0. The summed E-state index contributed by atoms with van der Waals surface area (Å²) in [5.41, 5.74) is -0.129. The molecule has 2 N–H and O–H groups in total. The van der Waals surface area contributed by atoms with Gasteiger partial charge in [0.1, 0.15) is 23.2 Å². The molecule has 3 rings (SSSR count). The molecule has 0 saturated carbocycles. The van der Waals surface area contributed by atoms with Crippen molar-refractivity contribution in [3.05, 3.63) is 76.4 Å². The molecule has 0 saturated heterocycles. The number of nitrogens with one attached hydrogen (secondary N) is 2. The number of carbonyl (C=O) groups excluding carboxylic acids is 2. The SMILES string of the molecule is O=C(CCNC(=O)c1coc2ccccc2c1=O)Nc1ccccc1F. The zero-order valence-corrected chi connectivity index (χ0v) is 13.6. The van der Waals surface area contributed by atoms with Crippen molar-refractivity contribution in [2.24, 2.45) is 0 Å². The lowest BCUT2D eigenvalue weighted by atomic mass is 10.1. The van der Waals surface area contributed by atoms with Crippen LogP contribution in [0.1, 0.15) is 16.8 Å². The standard InChI is InChI=1S/C19H15FN2O4/c20-14-6-2-3-7-15(14)22-17(23)9-10-21-19(25)13-11-26-16-8-4-1-5-12(16)18(13)24/h1-8,11H,9-10H2,(H,21,25)(H,22,23). The Morgan fingerprint density at radius 1 is 1.04 bits per heavy atom. The highest BCUT2D eigenvalue weighted by Gasteiger charge is 2.14. The average molecular weight is 354 g/mol. The largest absolute Gasteiger partial charge is 0.463 e. The van der Waals surface area contributed by atoms with Crippen LogP contribution in [0.2, 0.25) is 0 Å². The van der Waals surface area contributed by atoms with E-state index in [-0.39, 0.29) is 24.2 Å². The molecule has 6 nitrogen and oxygen atoms in total. The van der Waals surface area contributed by atoms with E-state index in [2.05, 4.69) is 10.6 Å². The number of fused-ring (bicyclic) bond motifs is 1. The highest BCUT2D eigenvalue weighted by molar-refractivity contribution is 5.97. The molecule has 3 aromatic rings. The van der Waals surface area contributed by atoms with Crippen LogP contribution in [0, 0.1) is 5.82 Å². The van der Waals surface area contributed by atoms with Gasteiger partial charge in [0.25, 0.3) is 5.91 Å². The summed E-state index contributed by atoms with van der Waals surface area (Å²) in [6.45, 7) is -0.00855. The summed E-state index contributed by atoms with van der Waals surface area (Å²) < 4.78 is 18.7. The molecule has 0 aliphatic heterocycles. The third-order valence-electron chi connectivity index (χ3n) is 3.71. The van der Waals surface area contributed by atoms with E-state index in [1.54, 1.807) is 30.3 Å². The number of anilines is 1. The smallest absolute Gasteiger partial charge is 0.258 e. The molecule has 2 amide bonds. The Kier molecular flexibility index (Phi) is 5.07. The second-order valence-corrected chi connectivity index (χ2v) is 5.51. The zero-order valence-electron chi connectivity index (χ0n) is 13.6. The number of halogens is 1. The molecule has 1 aromatic heterocycles. The molecule has 1 heterocycles. The molecule has 7 heteroatoms. The summed E-state index contributed by atoms with van der Waals surface area (Å²) in [5.74, 6) is -1.64. The average Bonchev–Trinajstić information content (AvgIpc) is 2.64. The van der Waals surface area contributed by atoms with Crippen LogP contribution in [0.5, 0.6) is 0 Å². The maximum Gasteiger partial charge on any atom is 0.258 e. The van der Waals surface area contributed by atoms with Crippen molar-refractivity contribution < 1.29 is 18.4 Å². The maximum absolute atomic E-state index is 13.5. The molecule has 2 aromatic carbocycles. The van der Waals surface area contributed by atoms with Crippen LogP contribution in [-0.2, 0) is 4.79 Å². The Morgan fingerprint density at radius 2 is 1.77 bits per heavy atom. The summed E-state index contributed by atoms with van der Waals surface area (Å²) in [6, 6.07) is 12.4. The van der Waals surface area contributed by atoms with E-state index in [1.165, 1.54) is 18.2 Å². The first-order valence-corrected chi connectivity index (χ1v) is 7.89. The lowest BCUT2D eigenvalue weighted by molar-refractivity contribution is -0.116. The Morgan fingerprint density at radius 3 is 2.58 bits per heavy atom. The molecule has 0 radical (unpaired) electrons.